The Bertz CT molecular complexity index is 1590. The molecular formula is C72H135N2O7P. The van der Waals surface area contributed by atoms with E-state index in [1.165, 1.54) is 218 Å². The van der Waals surface area contributed by atoms with Gasteiger partial charge in [-0.2, -0.15) is 0 Å². The average Bonchev–Trinajstić information content (AvgIpc) is 3.44. The molecule has 3 atom stereocenters. The van der Waals surface area contributed by atoms with Crippen LogP contribution in [0.25, 0.3) is 0 Å². The van der Waals surface area contributed by atoms with Gasteiger partial charge in [0, 0.05) is 12.8 Å². The number of nitrogens with one attached hydrogen (secondary N) is 1. The third kappa shape index (κ3) is 62.2. The predicted octanol–water partition coefficient (Wildman–Crippen LogP) is 21.5. The van der Waals surface area contributed by atoms with Gasteiger partial charge in [-0.1, -0.05) is 287 Å². The van der Waals surface area contributed by atoms with Crippen LogP contribution >= 0.6 is 7.82 Å². The number of unbranched alkanes of at least 4 members (excludes halogenated alkanes) is 40. The van der Waals surface area contributed by atoms with Crippen LogP contribution in [0, 0.1) is 0 Å². The van der Waals surface area contributed by atoms with Gasteiger partial charge >= 0.3 is 5.97 Å². The molecule has 1 N–H and O–H groups in total. The fourth-order valence-electron chi connectivity index (χ4n) is 10.2. The van der Waals surface area contributed by atoms with E-state index in [1.807, 2.05) is 33.3 Å². The maximum Gasteiger partial charge on any atom is 0.306 e. The SMILES string of the molecule is CCCCC/C=C\C/C=C\CCCCCCCCCCCCCCCCCCCC(=O)OC(/C=C\CCCCCCCCCCCC)C(COP(=O)([O-])OCC[N+](C)(C)C)NC(=O)CCCCCCCCC/C=C\C/C=C\CCCCC. The summed E-state index contributed by atoms with van der Waals surface area (Å²) in [6, 6.07) is -0.892. The summed E-state index contributed by atoms with van der Waals surface area (Å²) < 4.78 is 30.4. The first-order chi connectivity index (χ1) is 39.9. The smallest absolute Gasteiger partial charge is 0.306 e. The van der Waals surface area contributed by atoms with E-state index in [0.29, 0.717) is 17.4 Å². The molecule has 0 aliphatic heterocycles. The second kappa shape index (κ2) is 61.8. The molecule has 1 amide bonds. The number of hydrogen-bond acceptors (Lipinski definition) is 7. The minimum Gasteiger partial charge on any atom is -0.756 e. The third-order valence-corrected chi connectivity index (χ3v) is 16.6. The van der Waals surface area contributed by atoms with Crippen LogP contribution in [-0.2, 0) is 27.9 Å². The first-order valence-corrected chi connectivity index (χ1v) is 36.6. The van der Waals surface area contributed by atoms with Crippen molar-refractivity contribution in [2.45, 2.75) is 348 Å². The third-order valence-electron chi connectivity index (χ3n) is 15.7. The maximum atomic E-state index is 13.6. The second-order valence-corrected chi connectivity index (χ2v) is 26.4. The van der Waals surface area contributed by atoms with Gasteiger partial charge in [0.2, 0.25) is 5.91 Å². The normalized spacial score (nSPS) is 13.9. The summed E-state index contributed by atoms with van der Waals surface area (Å²) in [6.45, 7) is 6.82. The van der Waals surface area contributed by atoms with Gasteiger partial charge in [0.05, 0.1) is 33.8 Å². The molecule has 0 fully saturated rings. The zero-order valence-electron chi connectivity index (χ0n) is 54.9. The summed E-state index contributed by atoms with van der Waals surface area (Å²) in [6.07, 6.45) is 79.1. The Labute approximate surface area is 509 Å². The number of likely N-dealkylation sites (N-methyl/N-ethyl adjacent to an activating group) is 1. The van der Waals surface area contributed by atoms with Gasteiger partial charge in [-0.3, -0.25) is 14.2 Å². The quantitative estimate of drug-likeness (QED) is 0.0212. The molecule has 0 saturated heterocycles. The van der Waals surface area contributed by atoms with Gasteiger partial charge in [-0.15, -0.1) is 0 Å². The van der Waals surface area contributed by atoms with Gasteiger partial charge in [0.15, 0.2) is 0 Å². The molecule has 0 bridgehead atoms. The topological polar surface area (TPSA) is 114 Å². The van der Waals surface area contributed by atoms with Crippen molar-refractivity contribution in [2.24, 2.45) is 0 Å². The molecule has 3 unspecified atom stereocenters. The molecule has 9 nitrogen and oxygen atoms in total. The summed E-state index contributed by atoms with van der Waals surface area (Å²) in [5.74, 6) is -0.538. The van der Waals surface area contributed by atoms with E-state index in [9.17, 15) is 19.0 Å². The van der Waals surface area contributed by atoms with Crippen molar-refractivity contribution < 1.29 is 37.3 Å². The maximum absolute atomic E-state index is 13.6. The summed E-state index contributed by atoms with van der Waals surface area (Å²) >= 11 is 0. The van der Waals surface area contributed by atoms with E-state index in [-0.39, 0.29) is 31.5 Å². The number of quaternary nitrogens is 1. The molecule has 0 aromatic heterocycles. The van der Waals surface area contributed by atoms with Crippen LogP contribution in [0.15, 0.2) is 60.8 Å². The summed E-state index contributed by atoms with van der Waals surface area (Å²) in [7, 11) is 1.19. The number of allylic oxidation sites excluding steroid dienone is 9. The summed E-state index contributed by atoms with van der Waals surface area (Å²) in [5, 5.41) is 3.04. The molecular weight excluding hydrogens is 1040 g/mol. The Morgan fingerprint density at radius 2 is 0.744 bits per heavy atom. The van der Waals surface area contributed by atoms with Gasteiger partial charge in [0.1, 0.15) is 19.3 Å². The highest BCUT2D eigenvalue weighted by atomic mass is 31.2. The van der Waals surface area contributed by atoms with E-state index < -0.39 is 20.0 Å². The van der Waals surface area contributed by atoms with Crippen molar-refractivity contribution in [3.63, 3.8) is 0 Å². The zero-order valence-corrected chi connectivity index (χ0v) is 55.8. The molecule has 0 aliphatic carbocycles. The number of amides is 1. The van der Waals surface area contributed by atoms with E-state index in [2.05, 4.69) is 74.7 Å². The Hall–Kier alpha value is -2.29. The Kier molecular flexibility index (Phi) is 60.1. The van der Waals surface area contributed by atoms with Crippen molar-refractivity contribution in [3.05, 3.63) is 60.8 Å². The fourth-order valence-corrected chi connectivity index (χ4v) is 11.0. The number of carbonyl (C=O) groups excluding carboxylic acids is 2. The molecule has 0 saturated carbocycles. The van der Waals surface area contributed by atoms with Gasteiger partial charge in [-0.25, -0.2) is 0 Å². The highest BCUT2D eigenvalue weighted by Crippen LogP contribution is 2.38. The number of rotatable bonds is 64. The number of carbonyl (C=O) groups is 2. The monoisotopic (exact) mass is 1170 g/mol. The number of esters is 1. The van der Waals surface area contributed by atoms with Crippen molar-refractivity contribution in [2.75, 3.05) is 40.9 Å². The van der Waals surface area contributed by atoms with Crippen LogP contribution in [0.1, 0.15) is 335 Å². The van der Waals surface area contributed by atoms with E-state index in [0.717, 1.165) is 83.5 Å². The van der Waals surface area contributed by atoms with E-state index in [1.54, 1.807) is 0 Å². The zero-order chi connectivity index (χ0) is 60.0. The van der Waals surface area contributed by atoms with Crippen molar-refractivity contribution in [3.8, 4) is 0 Å². The van der Waals surface area contributed by atoms with Gasteiger partial charge in [0.25, 0.3) is 7.82 Å². The molecule has 0 heterocycles. The molecule has 480 valence electrons. The van der Waals surface area contributed by atoms with Gasteiger partial charge < -0.3 is 28.5 Å². The lowest BCUT2D eigenvalue weighted by atomic mass is 10.0. The van der Waals surface area contributed by atoms with Crippen molar-refractivity contribution in [1.29, 1.82) is 0 Å². The minimum absolute atomic E-state index is 0.0236. The lowest BCUT2D eigenvalue weighted by molar-refractivity contribution is -0.870. The lowest BCUT2D eigenvalue weighted by Crippen LogP contribution is -2.47. The molecule has 10 heteroatoms. The first kappa shape index (κ1) is 79.7. The van der Waals surface area contributed by atoms with Crippen molar-refractivity contribution in [1.82, 2.24) is 5.32 Å². The number of ether oxygens (including phenoxy) is 1. The Morgan fingerprint density at radius 3 is 1.12 bits per heavy atom. The lowest BCUT2D eigenvalue weighted by Gasteiger charge is -2.30. The van der Waals surface area contributed by atoms with Crippen LogP contribution in [0.2, 0.25) is 0 Å². The predicted molar refractivity (Wildman–Crippen MR) is 353 cm³/mol. The number of phosphoric ester groups is 1. The average molecular weight is 1170 g/mol. The van der Waals surface area contributed by atoms with Crippen LogP contribution < -0.4 is 10.2 Å². The van der Waals surface area contributed by atoms with Gasteiger partial charge in [-0.05, 0) is 96.0 Å². The molecule has 82 heavy (non-hydrogen) atoms. The first-order valence-electron chi connectivity index (χ1n) is 35.1. The van der Waals surface area contributed by atoms with Crippen LogP contribution in [0.3, 0.4) is 0 Å². The summed E-state index contributed by atoms with van der Waals surface area (Å²) in [4.78, 5) is 40.1. The highest BCUT2D eigenvalue weighted by Gasteiger charge is 2.27. The molecule has 0 rings (SSSR count). The van der Waals surface area contributed by atoms with Crippen LogP contribution in [0.5, 0.6) is 0 Å². The molecule has 0 aromatic rings. The highest BCUT2D eigenvalue weighted by molar-refractivity contribution is 7.45. The fraction of sp³-hybridized carbons (Fsp3) is 0.833. The number of hydrogen-bond donors (Lipinski definition) is 1. The largest absolute Gasteiger partial charge is 0.756 e. The van der Waals surface area contributed by atoms with Crippen LogP contribution in [0.4, 0.5) is 0 Å². The van der Waals surface area contributed by atoms with Crippen LogP contribution in [-0.4, -0.2) is 69.4 Å². The number of phosphoric acid groups is 1. The van der Waals surface area contributed by atoms with E-state index in [4.69, 9.17) is 13.8 Å². The molecule has 0 radical (unpaired) electrons. The second-order valence-electron chi connectivity index (χ2n) is 25.0. The van der Waals surface area contributed by atoms with Crippen molar-refractivity contribution >= 4 is 19.7 Å². The van der Waals surface area contributed by atoms with E-state index >= 15 is 0 Å². The molecule has 0 spiro atoms. The molecule has 0 aliphatic rings. The Balaban J connectivity index is 5.01. The number of nitrogens with zero attached hydrogens (tertiary/aromatic N) is 1. The molecule has 0 aromatic carbocycles. The standard InChI is InChI=1S/C72H135N2O7P/c1-7-10-13-16-19-22-25-28-30-32-33-34-35-36-37-38-39-40-41-43-45-47-50-53-56-59-62-65-72(76)81-70(63-60-57-54-51-48-27-24-21-18-15-12-9-3)69(68-80-82(77,78)79-67-66-74(4,5)6)73-71(75)64-61-58-55-52-49-46-44-42-31-29-26-23-20-17-14-11-8-2/h19-20,22-23,28-31,60,63,69-70H,7-18,21,24-27,32-59,61-62,64-68H2,1-6H3,(H-,73,75,77,78)/b22-19-,23-20-,30-28-,31-29-,63-60-. The minimum atomic E-state index is -4.70. The summed E-state index contributed by atoms with van der Waals surface area (Å²) in [5.41, 5.74) is 0. The Morgan fingerprint density at radius 1 is 0.427 bits per heavy atom.